The summed E-state index contributed by atoms with van der Waals surface area (Å²) < 4.78 is 1.87. The summed E-state index contributed by atoms with van der Waals surface area (Å²) in [7, 11) is 0. The van der Waals surface area contributed by atoms with Crippen LogP contribution in [0.4, 0.5) is 4.79 Å². The normalized spacial score (nSPS) is 22.1. The highest BCUT2D eigenvalue weighted by atomic mass is 16.2. The molecule has 20 heavy (non-hydrogen) atoms. The van der Waals surface area contributed by atoms with Crippen molar-refractivity contribution >= 4 is 6.03 Å². The molecule has 1 aromatic heterocycles. The predicted molar refractivity (Wildman–Crippen MR) is 75.9 cm³/mol. The summed E-state index contributed by atoms with van der Waals surface area (Å²) in [6.45, 7) is 0.683. The molecule has 2 heterocycles. The molecule has 1 fully saturated rings. The first-order valence-electron chi connectivity index (χ1n) is 6.83. The minimum atomic E-state index is -0.476. The van der Waals surface area contributed by atoms with E-state index in [1.54, 1.807) is 11.1 Å². The highest BCUT2D eigenvalue weighted by Gasteiger charge is 2.45. The highest BCUT2D eigenvalue weighted by molar-refractivity contribution is 5.73. The number of hydrogen-bond donors (Lipinski definition) is 1. The molecule has 1 aliphatic heterocycles. The summed E-state index contributed by atoms with van der Waals surface area (Å²) in [5.41, 5.74) is 6.28. The van der Waals surface area contributed by atoms with Crippen LogP contribution in [-0.2, 0) is 12.1 Å². The van der Waals surface area contributed by atoms with E-state index in [4.69, 9.17) is 5.73 Å². The van der Waals surface area contributed by atoms with Crippen LogP contribution in [0.25, 0.3) is 0 Å². The second-order valence-corrected chi connectivity index (χ2v) is 5.19. The Balaban J connectivity index is 2.02. The van der Waals surface area contributed by atoms with Crippen molar-refractivity contribution in [2.24, 2.45) is 5.73 Å². The number of amides is 2. The number of carbonyl (C=O) groups excluding carboxylic acids is 1. The fourth-order valence-electron chi connectivity index (χ4n) is 3.12. The van der Waals surface area contributed by atoms with Gasteiger partial charge >= 0.3 is 6.03 Å². The van der Waals surface area contributed by atoms with Gasteiger partial charge in [0.1, 0.15) is 5.66 Å². The molecule has 1 aliphatic rings. The zero-order chi connectivity index (χ0) is 14.0. The van der Waals surface area contributed by atoms with Gasteiger partial charge in [-0.1, -0.05) is 30.3 Å². The standard InChI is InChI=1S/C15H18N4O/c16-14(20)18-10-4-8-15(18,19-11-5-9-17-19)12-13-6-2-1-3-7-13/h1-3,5-7,9,11H,4,8,10,12H2,(H2,16,20). The van der Waals surface area contributed by atoms with E-state index in [0.29, 0.717) is 6.54 Å². The molecule has 2 N–H and O–H groups in total. The molecule has 0 radical (unpaired) electrons. The van der Waals surface area contributed by atoms with Gasteiger partial charge in [0.2, 0.25) is 0 Å². The van der Waals surface area contributed by atoms with Gasteiger partial charge in [-0.05, 0) is 24.5 Å². The average molecular weight is 270 g/mol. The Hall–Kier alpha value is -2.30. The number of primary amides is 1. The molecule has 1 saturated heterocycles. The van der Waals surface area contributed by atoms with E-state index in [0.717, 1.165) is 19.3 Å². The molecule has 1 atom stereocenters. The van der Waals surface area contributed by atoms with E-state index < -0.39 is 5.66 Å². The number of benzene rings is 1. The summed E-state index contributed by atoms with van der Waals surface area (Å²) in [5.74, 6) is 0. The largest absolute Gasteiger partial charge is 0.351 e. The molecule has 0 aliphatic carbocycles. The Bertz CT molecular complexity index is 581. The van der Waals surface area contributed by atoms with Gasteiger partial charge in [0.15, 0.2) is 0 Å². The van der Waals surface area contributed by atoms with E-state index >= 15 is 0 Å². The van der Waals surface area contributed by atoms with Crippen LogP contribution in [0.15, 0.2) is 48.8 Å². The summed E-state index contributed by atoms with van der Waals surface area (Å²) in [6.07, 6.45) is 6.18. The van der Waals surface area contributed by atoms with Gasteiger partial charge in [-0.3, -0.25) is 4.90 Å². The SMILES string of the molecule is NC(=O)N1CCCC1(Cc1ccccc1)n1cccn1. The Kier molecular flexibility index (Phi) is 3.18. The monoisotopic (exact) mass is 270 g/mol. The van der Waals surface area contributed by atoms with Gasteiger partial charge in [0.05, 0.1) is 0 Å². The third-order valence-corrected chi connectivity index (χ3v) is 3.99. The maximum atomic E-state index is 11.8. The zero-order valence-corrected chi connectivity index (χ0v) is 11.3. The van der Waals surface area contributed by atoms with Crippen molar-refractivity contribution in [3.63, 3.8) is 0 Å². The van der Waals surface area contributed by atoms with Crippen molar-refractivity contribution in [2.45, 2.75) is 24.9 Å². The molecule has 1 unspecified atom stereocenters. The summed E-state index contributed by atoms with van der Waals surface area (Å²) in [4.78, 5) is 13.6. The number of carbonyl (C=O) groups is 1. The van der Waals surface area contributed by atoms with Gasteiger partial charge in [-0.2, -0.15) is 5.10 Å². The Morgan fingerprint density at radius 2 is 2.10 bits per heavy atom. The third-order valence-electron chi connectivity index (χ3n) is 3.99. The van der Waals surface area contributed by atoms with Gasteiger partial charge in [-0.25, -0.2) is 9.48 Å². The van der Waals surface area contributed by atoms with Gasteiger partial charge < -0.3 is 5.73 Å². The maximum Gasteiger partial charge on any atom is 0.316 e. The first kappa shape index (κ1) is 12.7. The van der Waals surface area contributed by atoms with Crippen molar-refractivity contribution in [3.05, 3.63) is 54.4 Å². The van der Waals surface area contributed by atoms with Crippen LogP contribution in [0, 0.1) is 0 Å². The van der Waals surface area contributed by atoms with Crippen LogP contribution in [-0.4, -0.2) is 27.3 Å². The molecular formula is C15H18N4O. The molecule has 5 heteroatoms. The lowest BCUT2D eigenvalue weighted by Gasteiger charge is -2.38. The van der Waals surface area contributed by atoms with Crippen molar-refractivity contribution in [1.29, 1.82) is 0 Å². The number of rotatable bonds is 3. The second-order valence-electron chi connectivity index (χ2n) is 5.19. The Morgan fingerprint density at radius 1 is 1.30 bits per heavy atom. The zero-order valence-electron chi connectivity index (χ0n) is 11.3. The van der Waals surface area contributed by atoms with Crippen molar-refractivity contribution in [2.75, 3.05) is 6.54 Å². The maximum absolute atomic E-state index is 11.8. The van der Waals surface area contributed by atoms with Crippen LogP contribution in [0.1, 0.15) is 18.4 Å². The first-order valence-corrected chi connectivity index (χ1v) is 6.83. The summed E-state index contributed by atoms with van der Waals surface area (Å²) in [5, 5.41) is 4.37. The van der Waals surface area contributed by atoms with Crippen LogP contribution in [0.5, 0.6) is 0 Å². The second kappa shape index (κ2) is 5.00. The quantitative estimate of drug-likeness (QED) is 0.926. The lowest BCUT2D eigenvalue weighted by atomic mass is 9.97. The fourth-order valence-corrected chi connectivity index (χ4v) is 3.12. The number of nitrogens with zero attached hydrogens (tertiary/aromatic N) is 3. The van der Waals surface area contributed by atoms with E-state index in [-0.39, 0.29) is 6.03 Å². The van der Waals surface area contributed by atoms with E-state index in [9.17, 15) is 4.79 Å². The number of nitrogens with two attached hydrogens (primary N) is 1. The summed E-state index contributed by atoms with van der Waals surface area (Å²) in [6, 6.07) is 11.7. The Morgan fingerprint density at radius 3 is 2.75 bits per heavy atom. The highest BCUT2D eigenvalue weighted by Crippen LogP contribution is 2.36. The molecule has 0 spiro atoms. The molecule has 0 saturated carbocycles. The molecule has 5 nitrogen and oxygen atoms in total. The van der Waals surface area contributed by atoms with Gasteiger partial charge in [0.25, 0.3) is 0 Å². The van der Waals surface area contributed by atoms with Crippen molar-refractivity contribution in [3.8, 4) is 0 Å². The molecular weight excluding hydrogens is 252 g/mol. The average Bonchev–Trinajstić information content (AvgIpc) is 3.09. The molecule has 2 aromatic rings. The van der Waals surface area contributed by atoms with Crippen LogP contribution in [0.2, 0.25) is 0 Å². The van der Waals surface area contributed by atoms with Crippen molar-refractivity contribution in [1.82, 2.24) is 14.7 Å². The fraction of sp³-hybridized carbons (Fsp3) is 0.333. The minimum Gasteiger partial charge on any atom is -0.351 e. The van der Waals surface area contributed by atoms with Crippen LogP contribution >= 0.6 is 0 Å². The predicted octanol–water partition coefficient (Wildman–Crippen LogP) is 1.95. The number of hydrogen-bond acceptors (Lipinski definition) is 2. The lowest BCUT2D eigenvalue weighted by molar-refractivity contribution is 0.0798. The van der Waals surface area contributed by atoms with Gasteiger partial charge in [-0.15, -0.1) is 0 Å². The Labute approximate surface area is 118 Å². The van der Waals surface area contributed by atoms with E-state index in [1.165, 1.54) is 5.56 Å². The molecule has 3 rings (SSSR count). The van der Waals surface area contributed by atoms with Gasteiger partial charge in [0, 0.05) is 25.4 Å². The number of aromatic nitrogens is 2. The molecule has 2 amide bonds. The van der Waals surface area contributed by atoms with Crippen LogP contribution < -0.4 is 5.73 Å². The lowest BCUT2D eigenvalue weighted by Crippen LogP contribution is -2.53. The third kappa shape index (κ3) is 2.05. The molecule has 0 bridgehead atoms. The topological polar surface area (TPSA) is 64.2 Å². The smallest absolute Gasteiger partial charge is 0.316 e. The van der Waals surface area contributed by atoms with Crippen molar-refractivity contribution < 1.29 is 4.79 Å². The number of urea groups is 1. The van der Waals surface area contributed by atoms with E-state index in [2.05, 4.69) is 17.2 Å². The van der Waals surface area contributed by atoms with Crippen LogP contribution in [0.3, 0.4) is 0 Å². The molecule has 104 valence electrons. The van der Waals surface area contributed by atoms with E-state index in [1.807, 2.05) is 35.1 Å². The molecule has 1 aromatic carbocycles. The first-order chi connectivity index (χ1) is 9.72. The number of likely N-dealkylation sites (tertiary alicyclic amines) is 1. The minimum absolute atomic E-state index is 0.381. The summed E-state index contributed by atoms with van der Waals surface area (Å²) >= 11 is 0.